The molecule has 15 heavy (non-hydrogen) atoms. The first-order chi connectivity index (χ1) is 7.07. The molecule has 0 aliphatic carbocycles. The van der Waals surface area contributed by atoms with Crippen LogP contribution >= 0.6 is 0 Å². The van der Waals surface area contributed by atoms with Crippen molar-refractivity contribution in [1.82, 2.24) is 5.32 Å². The first-order valence-electron chi connectivity index (χ1n) is 4.53. The first kappa shape index (κ1) is 10.3. The minimum atomic E-state index is -1.43. The highest BCUT2D eigenvalue weighted by Gasteiger charge is 2.41. The van der Waals surface area contributed by atoms with E-state index >= 15 is 0 Å². The Kier molecular flexibility index (Phi) is 2.36. The van der Waals surface area contributed by atoms with Gasteiger partial charge in [0.25, 0.3) is 0 Å². The van der Waals surface area contributed by atoms with Gasteiger partial charge in [-0.15, -0.1) is 0 Å². The van der Waals surface area contributed by atoms with Crippen molar-refractivity contribution >= 4 is 0 Å². The summed E-state index contributed by atoms with van der Waals surface area (Å²) in [6.07, 6.45) is 0. The summed E-state index contributed by atoms with van der Waals surface area (Å²) in [5.41, 5.74) is -1.72. The average molecular weight is 215 g/mol. The number of benzene rings is 1. The number of aliphatic hydroxyl groups is 1. The number of methoxy groups -OCH3 is 1. The van der Waals surface area contributed by atoms with E-state index in [1.807, 2.05) is 0 Å². The predicted molar refractivity (Wildman–Crippen MR) is 49.7 cm³/mol. The van der Waals surface area contributed by atoms with Crippen LogP contribution in [-0.4, -0.2) is 25.3 Å². The van der Waals surface area contributed by atoms with Crippen LogP contribution in [0.1, 0.15) is 5.56 Å². The molecule has 82 valence electrons. The maximum absolute atomic E-state index is 13.5. The molecule has 0 bridgehead atoms. The van der Waals surface area contributed by atoms with E-state index in [0.717, 1.165) is 12.1 Å². The fourth-order valence-corrected chi connectivity index (χ4v) is 1.65. The van der Waals surface area contributed by atoms with Gasteiger partial charge in [-0.2, -0.15) is 0 Å². The molecule has 0 unspecified atom stereocenters. The lowest BCUT2D eigenvalue weighted by atomic mass is 9.87. The van der Waals surface area contributed by atoms with Gasteiger partial charge in [-0.25, -0.2) is 8.78 Å². The molecule has 1 fully saturated rings. The van der Waals surface area contributed by atoms with Crippen molar-refractivity contribution in [3.8, 4) is 5.75 Å². The van der Waals surface area contributed by atoms with Gasteiger partial charge < -0.3 is 15.2 Å². The highest BCUT2D eigenvalue weighted by Crippen LogP contribution is 2.32. The number of halogens is 2. The second-order valence-electron chi connectivity index (χ2n) is 3.60. The highest BCUT2D eigenvalue weighted by atomic mass is 19.1. The van der Waals surface area contributed by atoms with E-state index in [1.54, 1.807) is 0 Å². The molecule has 0 saturated carbocycles. The Balaban J connectivity index is 2.47. The van der Waals surface area contributed by atoms with Gasteiger partial charge in [-0.3, -0.25) is 0 Å². The van der Waals surface area contributed by atoms with Crippen LogP contribution < -0.4 is 10.1 Å². The first-order valence-corrected chi connectivity index (χ1v) is 4.53. The van der Waals surface area contributed by atoms with Gasteiger partial charge in [0.2, 0.25) is 0 Å². The predicted octanol–water partition coefficient (Wildman–Crippen LogP) is 0.764. The number of β-amino-alcohol motifs (C(OH)–C–C–N with tert-alkyl or cyclic N) is 1. The van der Waals surface area contributed by atoms with Crippen LogP contribution in [0.5, 0.6) is 5.75 Å². The van der Waals surface area contributed by atoms with Gasteiger partial charge in [0, 0.05) is 25.2 Å². The lowest BCUT2D eigenvalue weighted by Gasteiger charge is -2.38. The maximum Gasteiger partial charge on any atom is 0.136 e. The zero-order valence-electron chi connectivity index (χ0n) is 8.18. The molecule has 3 nitrogen and oxygen atoms in total. The molecule has 1 heterocycles. The lowest BCUT2D eigenvalue weighted by molar-refractivity contribution is -0.0208. The van der Waals surface area contributed by atoms with Crippen LogP contribution in [-0.2, 0) is 5.60 Å². The van der Waals surface area contributed by atoms with Gasteiger partial charge in [0.05, 0.1) is 12.7 Å². The van der Waals surface area contributed by atoms with Crippen LogP contribution in [0, 0.1) is 11.6 Å². The highest BCUT2D eigenvalue weighted by molar-refractivity contribution is 5.35. The summed E-state index contributed by atoms with van der Waals surface area (Å²) in [5, 5.41) is 12.6. The monoisotopic (exact) mass is 215 g/mol. The summed E-state index contributed by atoms with van der Waals surface area (Å²) in [7, 11) is 1.33. The molecular weight excluding hydrogens is 204 g/mol. The zero-order chi connectivity index (χ0) is 11.1. The molecule has 0 spiro atoms. The van der Waals surface area contributed by atoms with Crippen molar-refractivity contribution in [3.63, 3.8) is 0 Å². The quantitative estimate of drug-likeness (QED) is 0.765. The third-order valence-corrected chi connectivity index (χ3v) is 2.55. The standard InChI is InChI=1S/C10H11F2NO2/c1-15-6-2-7(11)9(8(12)3-6)10(14)4-13-5-10/h2-3,13-14H,4-5H2,1H3. The Bertz CT molecular complexity index is 368. The Morgan fingerprint density at radius 3 is 2.20 bits per heavy atom. The largest absolute Gasteiger partial charge is 0.497 e. The van der Waals surface area contributed by atoms with Gasteiger partial charge in [-0.05, 0) is 0 Å². The molecule has 1 saturated heterocycles. The summed E-state index contributed by atoms with van der Waals surface area (Å²) in [4.78, 5) is 0. The normalized spacial score (nSPS) is 18.4. The van der Waals surface area contributed by atoms with Gasteiger partial charge >= 0.3 is 0 Å². The lowest BCUT2D eigenvalue weighted by Crippen LogP contribution is -2.57. The van der Waals surface area contributed by atoms with E-state index in [2.05, 4.69) is 5.32 Å². The second-order valence-corrected chi connectivity index (χ2v) is 3.60. The SMILES string of the molecule is COc1cc(F)c(C2(O)CNC2)c(F)c1. The summed E-state index contributed by atoms with van der Waals surface area (Å²) in [6, 6.07) is 2.13. The Morgan fingerprint density at radius 1 is 1.33 bits per heavy atom. The molecule has 0 aromatic heterocycles. The summed E-state index contributed by atoms with van der Waals surface area (Å²) < 4.78 is 31.7. The topological polar surface area (TPSA) is 41.5 Å². The summed E-state index contributed by atoms with van der Waals surface area (Å²) >= 11 is 0. The molecule has 1 aromatic rings. The van der Waals surface area contributed by atoms with E-state index in [-0.39, 0.29) is 24.4 Å². The molecule has 1 aromatic carbocycles. The number of hydrogen-bond donors (Lipinski definition) is 2. The molecule has 0 atom stereocenters. The third kappa shape index (κ3) is 1.57. The van der Waals surface area contributed by atoms with Crippen LogP contribution in [0.25, 0.3) is 0 Å². The minimum Gasteiger partial charge on any atom is -0.497 e. The van der Waals surface area contributed by atoms with E-state index in [0.29, 0.717) is 0 Å². The number of rotatable bonds is 2. The molecule has 2 N–H and O–H groups in total. The van der Waals surface area contributed by atoms with Crippen molar-refractivity contribution < 1.29 is 18.6 Å². The van der Waals surface area contributed by atoms with Crippen LogP contribution in [0.4, 0.5) is 8.78 Å². The van der Waals surface area contributed by atoms with Crippen molar-refractivity contribution in [3.05, 3.63) is 29.3 Å². The maximum atomic E-state index is 13.5. The number of ether oxygens (including phenoxy) is 1. The Morgan fingerprint density at radius 2 is 1.87 bits per heavy atom. The Hall–Kier alpha value is -1.20. The van der Waals surface area contributed by atoms with Crippen molar-refractivity contribution in [2.45, 2.75) is 5.60 Å². The molecule has 2 rings (SSSR count). The van der Waals surface area contributed by atoms with Crippen LogP contribution in [0.15, 0.2) is 12.1 Å². The fraction of sp³-hybridized carbons (Fsp3) is 0.400. The molecule has 1 aliphatic heterocycles. The molecule has 0 radical (unpaired) electrons. The fourth-order valence-electron chi connectivity index (χ4n) is 1.65. The third-order valence-electron chi connectivity index (χ3n) is 2.55. The Labute approximate surface area is 85.7 Å². The van der Waals surface area contributed by atoms with Crippen LogP contribution in [0.3, 0.4) is 0 Å². The molecule has 0 amide bonds. The van der Waals surface area contributed by atoms with E-state index in [4.69, 9.17) is 4.74 Å². The van der Waals surface area contributed by atoms with Gasteiger partial charge in [0.1, 0.15) is 23.0 Å². The van der Waals surface area contributed by atoms with Gasteiger partial charge in [0.15, 0.2) is 0 Å². The summed E-state index contributed by atoms with van der Waals surface area (Å²) in [6.45, 7) is 0.320. The minimum absolute atomic E-state index is 0.102. The molecule has 1 aliphatic rings. The number of hydrogen-bond acceptors (Lipinski definition) is 3. The van der Waals surface area contributed by atoms with Crippen molar-refractivity contribution in [1.29, 1.82) is 0 Å². The molecule has 5 heteroatoms. The van der Waals surface area contributed by atoms with Crippen molar-refractivity contribution in [2.24, 2.45) is 0 Å². The van der Waals surface area contributed by atoms with E-state index in [9.17, 15) is 13.9 Å². The molecular formula is C10H11F2NO2. The number of nitrogens with one attached hydrogen (secondary N) is 1. The summed E-state index contributed by atoms with van der Waals surface area (Å²) in [5.74, 6) is -1.46. The van der Waals surface area contributed by atoms with Crippen LogP contribution in [0.2, 0.25) is 0 Å². The van der Waals surface area contributed by atoms with E-state index < -0.39 is 17.2 Å². The van der Waals surface area contributed by atoms with Crippen molar-refractivity contribution in [2.75, 3.05) is 20.2 Å². The van der Waals surface area contributed by atoms with E-state index in [1.165, 1.54) is 7.11 Å². The zero-order valence-corrected chi connectivity index (χ0v) is 8.18. The van der Waals surface area contributed by atoms with Gasteiger partial charge in [-0.1, -0.05) is 0 Å². The second kappa shape index (κ2) is 3.43. The smallest absolute Gasteiger partial charge is 0.136 e. The average Bonchev–Trinajstić information content (AvgIpc) is 2.13.